The van der Waals surface area contributed by atoms with Gasteiger partial charge in [0.25, 0.3) is 0 Å². The lowest BCUT2D eigenvalue weighted by Crippen LogP contribution is -2.47. The van der Waals surface area contributed by atoms with Gasteiger partial charge in [-0.1, -0.05) is 48.5 Å². The summed E-state index contributed by atoms with van der Waals surface area (Å²) in [6.07, 6.45) is 1.10. The highest BCUT2D eigenvalue weighted by Gasteiger charge is 2.18. The first kappa shape index (κ1) is 15.1. The molecule has 1 aliphatic heterocycles. The SMILES string of the molecule is NCCCN1CCN(c2ccccc2-c2ccccc2)CC1. The fraction of sp³-hybridized carbons (Fsp3) is 0.368. The standard InChI is InChI=1S/C19H25N3/c20-11-6-12-21-13-15-22(16-14-21)19-10-5-4-9-18(19)17-7-2-1-3-8-17/h1-5,7-10H,6,11-16,20H2. The maximum Gasteiger partial charge on any atom is 0.0446 e. The van der Waals surface area contributed by atoms with Crippen LogP contribution in [-0.2, 0) is 0 Å². The van der Waals surface area contributed by atoms with Crippen LogP contribution < -0.4 is 10.6 Å². The van der Waals surface area contributed by atoms with Crippen molar-refractivity contribution in [3.8, 4) is 11.1 Å². The molecule has 0 bridgehead atoms. The van der Waals surface area contributed by atoms with Crippen LogP contribution in [0.5, 0.6) is 0 Å². The van der Waals surface area contributed by atoms with Gasteiger partial charge in [-0.25, -0.2) is 0 Å². The van der Waals surface area contributed by atoms with E-state index in [9.17, 15) is 0 Å². The fourth-order valence-corrected chi connectivity index (χ4v) is 3.14. The predicted molar refractivity (Wildman–Crippen MR) is 94.2 cm³/mol. The van der Waals surface area contributed by atoms with Crippen molar-refractivity contribution in [3.05, 3.63) is 54.6 Å². The molecule has 2 aromatic carbocycles. The van der Waals surface area contributed by atoms with Crippen molar-refractivity contribution in [2.24, 2.45) is 5.73 Å². The van der Waals surface area contributed by atoms with Gasteiger partial charge in [0.1, 0.15) is 0 Å². The van der Waals surface area contributed by atoms with Gasteiger partial charge < -0.3 is 10.6 Å². The molecule has 0 radical (unpaired) electrons. The Hall–Kier alpha value is -1.84. The molecule has 3 rings (SSSR count). The minimum Gasteiger partial charge on any atom is -0.368 e. The summed E-state index contributed by atoms with van der Waals surface area (Å²) in [5.74, 6) is 0. The van der Waals surface area contributed by atoms with Crippen molar-refractivity contribution in [1.82, 2.24) is 4.90 Å². The molecule has 1 heterocycles. The van der Waals surface area contributed by atoms with Crippen LogP contribution in [0.3, 0.4) is 0 Å². The Morgan fingerprint density at radius 1 is 0.818 bits per heavy atom. The molecule has 0 amide bonds. The third-order valence-corrected chi connectivity index (χ3v) is 4.38. The summed E-state index contributed by atoms with van der Waals surface area (Å²) >= 11 is 0. The lowest BCUT2D eigenvalue weighted by molar-refractivity contribution is 0.256. The van der Waals surface area contributed by atoms with Crippen molar-refractivity contribution in [1.29, 1.82) is 0 Å². The zero-order valence-corrected chi connectivity index (χ0v) is 13.1. The predicted octanol–water partition coefficient (Wildman–Crippen LogP) is 2.82. The Morgan fingerprint density at radius 2 is 1.50 bits per heavy atom. The van der Waals surface area contributed by atoms with Gasteiger partial charge in [-0.15, -0.1) is 0 Å². The van der Waals surface area contributed by atoms with Crippen LogP contribution in [0.25, 0.3) is 11.1 Å². The van der Waals surface area contributed by atoms with Gasteiger partial charge in [0.05, 0.1) is 0 Å². The van der Waals surface area contributed by atoms with Gasteiger partial charge in [-0.3, -0.25) is 4.90 Å². The molecule has 2 N–H and O–H groups in total. The normalized spacial score (nSPS) is 16.0. The molecule has 1 saturated heterocycles. The van der Waals surface area contributed by atoms with Gasteiger partial charge in [-0.05, 0) is 31.1 Å². The summed E-state index contributed by atoms with van der Waals surface area (Å²) in [6, 6.07) is 19.4. The molecular formula is C19H25N3. The molecule has 22 heavy (non-hydrogen) atoms. The van der Waals surface area contributed by atoms with Gasteiger partial charge in [0, 0.05) is 37.4 Å². The van der Waals surface area contributed by atoms with Gasteiger partial charge in [-0.2, -0.15) is 0 Å². The first-order valence-electron chi connectivity index (χ1n) is 8.20. The Balaban J connectivity index is 1.74. The first-order chi connectivity index (χ1) is 10.9. The molecule has 1 fully saturated rings. The number of nitrogens with two attached hydrogens (primary N) is 1. The quantitative estimate of drug-likeness (QED) is 0.920. The van der Waals surface area contributed by atoms with Crippen molar-refractivity contribution < 1.29 is 0 Å². The lowest BCUT2D eigenvalue weighted by Gasteiger charge is -2.37. The number of hydrogen-bond acceptors (Lipinski definition) is 3. The van der Waals surface area contributed by atoms with Crippen molar-refractivity contribution in [2.45, 2.75) is 6.42 Å². The minimum atomic E-state index is 0.789. The minimum absolute atomic E-state index is 0.789. The number of rotatable bonds is 5. The summed E-state index contributed by atoms with van der Waals surface area (Å²) < 4.78 is 0. The van der Waals surface area contributed by atoms with Crippen molar-refractivity contribution in [3.63, 3.8) is 0 Å². The zero-order chi connectivity index (χ0) is 15.2. The molecule has 2 aromatic rings. The van der Waals surface area contributed by atoms with Crippen LogP contribution in [0, 0.1) is 0 Å². The third-order valence-electron chi connectivity index (χ3n) is 4.38. The Morgan fingerprint density at radius 3 is 2.23 bits per heavy atom. The largest absolute Gasteiger partial charge is 0.368 e. The number of para-hydroxylation sites is 1. The second-order valence-corrected chi connectivity index (χ2v) is 5.85. The molecule has 116 valence electrons. The summed E-state index contributed by atoms with van der Waals surface area (Å²) in [7, 11) is 0. The van der Waals surface area contributed by atoms with Crippen LogP contribution in [0.1, 0.15) is 6.42 Å². The number of hydrogen-bond donors (Lipinski definition) is 1. The summed E-state index contributed by atoms with van der Waals surface area (Å²) in [5, 5.41) is 0. The molecule has 0 aliphatic carbocycles. The van der Waals surface area contributed by atoms with E-state index in [0.29, 0.717) is 0 Å². The van der Waals surface area contributed by atoms with Crippen LogP contribution in [0.2, 0.25) is 0 Å². The fourth-order valence-electron chi connectivity index (χ4n) is 3.14. The number of nitrogens with zero attached hydrogens (tertiary/aromatic N) is 2. The maximum atomic E-state index is 5.61. The highest BCUT2D eigenvalue weighted by Crippen LogP contribution is 2.31. The third kappa shape index (κ3) is 3.49. The van der Waals surface area contributed by atoms with E-state index in [4.69, 9.17) is 5.73 Å². The van der Waals surface area contributed by atoms with E-state index in [1.54, 1.807) is 0 Å². The summed E-state index contributed by atoms with van der Waals surface area (Å²) in [6.45, 7) is 6.36. The highest BCUT2D eigenvalue weighted by molar-refractivity contribution is 5.78. The number of piperazine rings is 1. The second kappa shape index (κ2) is 7.43. The van der Waals surface area contributed by atoms with Crippen LogP contribution in [0.15, 0.2) is 54.6 Å². The average Bonchev–Trinajstić information content (AvgIpc) is 2.61. The lowest BCUT2D eigenvalue weighted by atomic mass is 10.0. The van der Waals surface area contributed by atoms with E-state index in [1.165, 1.54) is 16.8 Å². The number of anilines is 1. The van der Waals surface area contributed by atoms with E-state index in [0.717, 1.165) is 45.7 Å². The van der Waals surface area contributed by atoms with Crippen molar-refractivity contribution in [2.75, 3.05) is 44.2 Å². The van der Waals surface area contributed by atoms with Gasteiger partial charge in [0.2, 0.25) is 0 Å². The van der Waals surface area contributed by atoms with Crippen LogP contribution in [-0.4, -0.2) is 44.2 Å². The number of benzene rings is 2. The molecule has 3 heteroatoms. The molecule has 0 atom stereocenters. The molecular weight excluding hydrogens is 270 g/mol. The van der Waals surface area contributed by atoms with Gasteiger partial charge in [0.15, 0.2) is 0 Å². The highest BCUT2D eigenvalue weighted by atomic mass is 15.3. The van der Waals surface area contributed by atoms with E-state index in [1.807, 2.05) is 0 Å². The van der Waals surface area contributed by atoms with E-state index < -0.39 is 0 Å². The van der Waals surface area contributed by atoms with E-state index in [2.05, 4.69) is 64.4 Å². The van der Waals surface area contributed by atoms with Crippen molar-refractivity contribution >= 4 is 5.69 Å². The maximum absolute atomic E-state index is 5.61. The Bertz CT molecular complexity index is 574. The van der Waals surface area contributed by atoms with E-state index >= 15 is 0 Å². The average molecular weight is 295 g/mol. The Labute approximate surface area is 133 Å². The molecule has 0 saturated carbocycles. The molecule has 0 aromatic heterocycles. The molecule has 1 aliphatic rings. The second-order valence-electron chi connectivity index (χ2n) is 5.85. The first-order valence-corrected chi connectivity index (χ1v) is 8.20. The molecule has 0 spiro atoms. The van der Waals surface area contributed by atoms with Gasteiger partial charge >= 0.3 is 0 Å². The van der Waals surface area contributed by atoms with E-state index in [-0.39, 0.29) is 0 Å². The monoisotopic (exact) mass is 295 g/mol. The zero-order valence-electron chi connectivity index (χ0n) is 13.1. The smallest absolute Gasteiger partial charge is 0.0446 e. The van der Waals surface area contributed by atoms with Crippen LogP contribution >= 0.6 is 0 Å². The topological polar surface area (TPSA) is 32.5 Å². The summed E-state index contributed by atoms with van der Waals surface area (Å²) in [4.78, 5) is 5.04. The summed E-state index contributed by atoms with van der Waals surface area (Å²) in [5.41, 5.74) is 9.59. The molecule has 0 unspecified atom stereocenters. The Kier molecular flexibility index (Phi) is 5.09. The van der Waals surface area contributed by atoms with Crippen LogP contribution in [0.4, 0.5) is 5.69 Å². The molecule has 3 nitrogen and oxygen atoms in total.